The van der Waals surface area contributed by atoms with Crippen molar-refractivity contribution in [1.29, 1.82) is 0 Å². The molecule has 1 atom stereocenters. The minimum Gasteiger partial charge on any atom is -0.325 e. The zero-order chi connectivity index (χ0) is 23.2. The summed E-state index contributed by atoms with van der Waals surface area (Å²) in [7, 11) is 0. The zero-order valence-corrected chi connectivity index (χ0v) is 20.7. The molecule has 4 aromatic rings. The van der Waals surface area contributed by atoms with Crippen LogP contribution in [0.1, 0.15) is 34.3 Å². The maximum atomic E-state index is 13.0. The Morgan fingerprint density at radius 2 is 1.79 bits per heavy atom. The summed E-state index contributed by atoms with van der Waals surface area (Å²) in [6.07, 6.45) is 1.62. The van der Waals surface area contributed by atoms with Gasteiger partial charge in [0.05, 0.1) is 5.25 Å². The van der Waals surface area contributed by atoms with Crippen molar-refractivity contribution in [3.63, 3.8) is 0 Å². The number of thioether (sulfide) groups is 1. The Labute approximate surface area is 203 Å². The summed E-state index contributed by atoms with van der Waals surface area (Å²) in [6.45, 7) is 6.71. The van der Waals surface area contributed by atoms with Gasteiger partial charge in [0.15, 0.2) is 5.16 Å². The van der Waals surface area contributed by atoms with Crippen molar-refractivity contribution in [2.24, 2.45) is 0 Å². The third kappa shape index (κ3) is 5.92. The van der Waals surface area contributed by atoms with Crippen LogP contribution >= 0.6 is 23.1 Å². The largest absolute Gasteiger partial charge is 0.325 e. The van der Waals surface area contributed by atoms with E-state index in [4.69, 9.17) is 0 Å². The lowest BCUT2D eigenvalue weighted by Crippen LogP contribution is -2.24. The second kappa shape index (κ2) is 10.8. The molecule has 1 unspecified atom stereocenters. The first-order chi connectivity index (χ1) is 16.0. The van der Waals surface area contributed by atoms with E-state index >= 15 is 0 Å². The number of rotatable bonds is 9. The zero-order valence-electron chi connectivity index (χ0n) is 19.1. The summed E-state index contributed by atoms with van der Waals surface area (Å²) in [4.78, 5) is 14.2. The maximum absolute atomic E-state index is 13.0. The van der Waals surface area contributed by atoms with Crippen LogP contribution in [0.15, 0.2) is 71.2 Å². The van der Waals surface area contributed by atoms with Crippen molar-refractivity contribution in [2.45, 2.75) is 50.6 Å². The van der Waals surface area contributed by atoms with E-state index in [-0.39, 0.29) is 11.2 Å². The van der Waals surface area contributed by atoms with Gasteiger partial charge in [0.2, 0.25) is 5.91 Å². The van der Waals surface area contributed by atoms with E-state index in [0.29, 0.717) is 0 Å². The van der Waals surface area contributed by atoms with E-state index in [9.17, 15) is 4.79 Å². The van der Waals surface area contributed by atoms with Gasteiger partial charge in [0.1, 0.15) is 5.82 Å². The molecule has 2 heterocycles. The molecule has 4 rings (SSSR count). The first-order valence-electron chi connectivity index (χ1n) is 11.0. The number of aromatic nitrogens is 3. The molecule has 0 spiro atoms. The fourth-order valence-electron chi connectivity index (χ4n) is 3.66. The van der Waals surface area contributed by atoms with E-state index in [1.54, 1.807) is 11.3 Å². The summed E-state index contributed by atoms with van der Waals surface area (Å²) in [5.74, 6) is 0.896. The molecule has 7 heteroatoms. The van der Waals surface area contributed by atoms with Crippen molar-refractivity contribution in [3.8, 4) is 0 Å². The van der Waals surface area contributed by atoms with Crippen LogP contribution in [0, 0.1) is 13.8 Å². The number of anilines is 1. The molecule has 0 saturated heterocycles. The molecular weight excluding hydrogens is 448 g/mol. The van der Waals surface area contributed by atoms with Crippen LogP contribution in [-0.4, -0.2) is 25.9 Å². The Bertz CT molecular complexity index is 1180. The van der Waals surface area contributed by atoms with Crippen LogP contribution in [0.5, 0.6) is 0 Å². The number of nitrogens with zero attached hydrogens (tertiary/aromatic N) is 3. The minimum atomic E-state index is -0.307. The molecule has 0 saturated carbocycles. The van der Waals surface area contributed by atoms with Crippen LogP contribution < -0.4 is 5.32 Å². The van der Waals surface area contributed by atoms with Gasteiger partial charge in [-0.05, 0) is 55.3 Å². The third-order valence-electron chi connectivity index (χ3n) is 5.55. The van der Waals surface area contributed by atoms with Gasteiger partial charge in [-0.25, -0.2) is 0 Å². The van der Waals surface area contributed by atoms with Gasteiger partial charge in [-0.1, -0.05) is 66.4 Å². The molecule has 2 aromatic heterocycles. The average molecular weight is 477 g/mol. The molecule has 0 aliphatic rings. The first kappa shape index (κ1) is 23.3. The fraction of sp³-hybridized carbons (Fsp3) is 0.269. The summed E-state index contributed by atoms with van der Waals surface area (Å²) < 4.78 is 2.17. The molecule has 5 nitrogen and oxygen atoms in total. The number of amides is 1. The topological polar surface area (TPSA) is 59.8 Å². The fourth-order valence-corrected chi connectivity index (χ4v) is 5.26. The molecule has 0 fully saturated rings. The molecular formula is C26H28N4OS2. The van der Waals surface area contributed by atoms with E-state index in [2.05, 4.69) is 61.9 Å². The van der Waals surface area contributed by atoms with Gasteiger partial charge < -0.3 is 9.88 Å². The van der Waals surface area contributed by atoms with Crippen molar-refractivity contribution >= 4 is 34.7 Å². The predicted octanol–water partition coefficient (Wildman–Crippen LogP) is 5.91. The normalized spacial score (nSPS) is 12.0. The molecule has 0 bridgehead atoms. The number of hydrogen-bond acceptors (Lipinski definition) is 5. The Balaban J connectivity index is 1.51. The van der Waals surface area contributed by atoms with Gasteiger partial charge in [0, 0.05) is 23.5 Å². The van der Waals surface area contributed by atoms with Crippen LogP contribution in [0.2, 0.25) is 0 Å². The number of nitrogens with one attached hydrogen (secondary N) is 1. The first-order valence-corrected chi connectivity index (χ1v) is 12.8. The second-order valence-electron chi connectivity index (χ2n) is 8.06. The lowest BCUT2D eigenvalue weighted by Gasteiger charge is -2.16. The van der Waals surface area contributed by atoms with Crippen molar-refractivity contribution < 1.29 is 4.79 Å². The van der Waals surface area contributed by atoms with Crippen LogP contribution in [-0.2, 0) is 24.2 Å². The lowest BCUT2D eigenvalue weighted by molar-refractivity contribution is -0.115. The number of thiophene rings is 1. The molecule has 1 N–H and O–H groups in total. The summed E-state index contributed by atoms with van der Waals surface area (Å²) >= 11 is 3.18. The summed E-state index contributed by atoms with van der Waals surface area (Å²) in [5.41, 5.74) is 4.28. The van der Waals surface area contributed by atoms with E-state index in [0.717, 1.165) is 47.2 Å². The molecule has 0 radical (unpaired) electrons. The smallest absolute Gasteiger partial charge is 0.237 e. The highest BCUT2D eigenvalue weighted by Gasteiger charge is 2.21. The molecule has 2 aromatic carbocycles. The highest BCUT2D eigenvalue weighted by Crippen LogP contribution is 2.27. The van der Waals surface area contributed by atoms with E-state index < -0.39 is 0 Å². The number of aryl methyl sites for hydroxylation is 3. The number of carbonyl (C=O) groups excluding carboxylic acids is 1. The van der Waals surface area contributed by atoms with Gasteiger partial charge in [-0.15, -0.1) is 21.5 Å². The number of para-hydroxylation sites is 1. The number of benzene rings is 2. The van der Waals surface area contributed by atoms with Crippen molar-refractivity contribution in [1.82, 2.24) is 14.8 Å². The highest BCUT2D eigenvalue weighted by atomic mass is 32.2. The van der Waals surface area contributed by atoms with Gasteiger partial charge in [-0.2, -0.15) is 0 Å². The molecule has 33 heavy (non-hydrogen) atoms. The quantitative estimate of drug-likeness (QED) is 0.305. The van der Waals surface area contributed by atoms with Gasteiger partial charge in [-0.3, -0.25) is 4.79 Å². The Kier molecular flexibility index (Phi) is 7.62. The van der Waals surface area contributed by atoms with Gasteiger partial charge >= 0.3 is 0 Å². The van der Waals surface area contributed by atoms with Crippen molar-refractivity contribution in [2.75, 3.05) is 5.32 Å². The average Bonchev–Trinajstić information content (AvgIpc) is 3.46. The summed E-state index contributed by atoms with van der Waals surface area (Å²) in [5, 5.41) is 14.6. The molecule has 0 aliphatic heterocycles. The number of hydrogen-bond donors (Lipinski definition) is 1. The maximum Gasteiger partial charge on any atom is 0.237 e. The van der Waals surface area contributed by atoms with Crippen molar-refractivity contribution in [3.05, 3.63) is 93.4 Å². The Hall–Kier alpha value is -2.90. The lowest BCUT2D eigenvalue weighted by atomic mass is 10.1. The highest BCUT2D eigenvalue weighted by molar-refractivity contribution is 8.00. The Morgan fingerprint density at radius 3 is 2.48 bits per heavy atom. The minimum absolute atomic E-state index is 0.0326. The number of carbonyl (C=O) groups is 1. The third-order valence-corrected chi connectivity index (χ3v) is 7.51. The molecule has 0 aliphatic carbocycles. The monoisotopic (exact) mass is 476 g/mol. The van der Waals surface area contributed by atoms with Crippen LogP contribution in [0.3, 0.4) is 0 Å². The van der Waals surface area contributed by atoms with Crippen LogP contribution in [0.25, 0.3) is 0 Å². The van der Waals surface area contributed by atoms with E-state index in [1.165, 1.54) is 22.2 Å². The van der Waals surface area contributed by atoms with Crippen LogP contribution in [0.4, 0.5) is 5.69 Å². The second-order valence-corrected chi connectivity index (χ2v) is 10.4. The van der Waals surface area contributed by atoms with E-state index in [1.807, 2.05) is 45.0 Å². The van der Waals surface area contributed by atoms with Gasteiger partial charge in [0.25, 0.3) is 0 Å². The Morgan fingerprint density at radius 1 is 1.03 bits per heavy atom. The summed E-state index contributed by atoms with van der Waals surface area (Å²) in [6, 6.07) is 20.6. The predicted molar refractivity (Wildman–Crippen MR) is 137 cm³/mol. The molecule has 170 valence electrons. The standard InChI is InChI=1S/C26H28N4OS2/c1-18-9-7-10-19(2)24(18)27-25(31)20(3)33-26-29-28-23(17-22-13-8-16-32-22)30(26)15-14-21-11-5-4-6-12-21/h4-13,16,20H,14-15,17H2,1-3H3,(H,27,31). The SMILES string of the molecule is Cc1cccc(C)c1NC(=O)C(C)Sc1nnc(Cc2cccs2)n1CCc1ccccc1. The molecule has 1 amide bonds.